The van der Waals surface area contributed by atoms with E-state index in [-0.39, 0.29) is 0 Å². The molecule has 1 aliphatic carbocycles. The summed E-state index contributed by atoms with van der Waals surface area (Å²) in [4.78, 5) is 13.9. The van der Waals surface area contributed by atoms with E-state index in [1.807, 2.05) is 51.0 Å². The van der Waals surface area contributed by atoms with Crippen LogP contribution < -0.4 is 10.6 Å². The molecule has 0 bridgehead atoms. The van der Waals surface area contributed by atoms with Gasteiger partial charge in [-0.25, -0.2) is 15.0 Å². The van der Waals surface area contributed by atoms with Crippen LogP contribution in [0.15, 0.2) is 46.5 Å². The summed E-state index contributed by atoms with van der Waals surface area (Å²) in [6.07, 6.45) is 14.6. The Labute approximate surface area is 169 Å². The van der Waals surface area contributed by atoms with Crippen LogP contribution in [0, 0.1) is 0 Å². The molecule has 0 spiro atoms. The van der Waals surface area contributed by atoms with E-state index in [0.717, 1.165) is 41.2 Å². The smallest absolute Gasteiger partial charge is 0.222 e. The topological polar surface area (TPSA) is 92.9 Å². The maximum absolute atomic E-state index is 4.37. The third kappa shape index (κ3) is 5.41. The van der Waals surface area contributed by atoms with Crippen molar-refractivity contribution >= 4 is 30.0 Å². The van der Waals surface area contributed by atoms with E-state index < -0.39 is 0 Å². The van der Waals surface area contributed by atoms with E-state index >= 15 is 0 Å². The van der Waals surface area contributed by atoms with Gasteiger partial charge in [-0.3, -0.25) is 4.68 Å². The number of aryl methyl sites for hydroxylation is 1. The van der Waals surface area contributed by atoms with Crippen LogP contribution in [0.2, 0.25) is 0 Å². The van der Waals surface area contributed by atoms with Gasteiger partial charge in [0.2, 0.25) is 5.95 Å². The average molecular weight is 399 g/mol. The number of anilines is 1. The van der Waals surface area contributed by atoms with Crippen molar-refractivity contribution in [3.05, 3.63) is 42.3 Å². The number of aromatic nitrogens is 5. The van der Waals surface area contributed by atoms with Crippen molar-refractivity contribution in [2.24, 2.45) is 12.0 Å². The third-order valence-corrected chi connectivity index (χ3v) is 5.33. The SMILES string of the molecule is C=N/C(=C\C=C(/C)c1cn(C)nn1)N[C@H]1CC[C@H](Nc2ncc(SC)cn2)C1. The second-order valence-electron chi connectivity index (χ2n) is 6.78. The molecule has 2 aromatic rings. The lowest BCUT2D eigenvalue weighted by Crippen LogP contribution is -2.27. The maximum atomic E-state index is 4.37. The molecule has 1 aliphatic rings. The summed E-state index contributed by atoms with van der Waals surface area (Å²) in [5, 5.41) is 15.0. The van der Waals surface area contributed by atoms with Gasteiger partial charge >= 0.3 is 0 Å². The molecular formula is C19H26N8S. The van der Waals surface area contributed by atoms with Crippen molar-refractivity contribution in [1.82, 2.24) is 30.3 Å². The van der Waals surface area contributed by atoms with Crippen LogP contribution in [0.25, 0.3) is 5.57 Å². The summed E-state index contributed by atoms with van der Waals surface area (Å²) in [5.41, 5.74) is 1.87. The Kier molecular flexibility index (Phi) is 6.80. The average Bonchev–Trinajstić information content (AvgIpc) is 3.34. The fourth-order valence-corrected chi connectivity index (χ4v) is 3.41. The van der Waals surface area contributed by atoms with Crippen LogP contribution in [0.1, 0.15) is 31.9 Å². The van der Waals surface area contributed by atoms with Crippen LogP contribution in [0.4, 0.5) is 5.95 Å². The zero-order chi connectivity index (χ0) is 19.9. The number of rotatable bonds is 8. The Morgan fingerprint density at radius 3 is 2.68 bits per heavy atom. The number of nitrogens with zero attached hydrogens (tertiary/aromatic N) is 6. The molecule has 0 radical (unpaired) electrons. The Hall–Kier alpha value is -2.68. The molecule has 148 valence electrons. The molecule has 8 nitrogen and oxygen atoms in total. The zero-order valence-corrected chi connectivity index (χ0v) is 17.3. The van der Waals surface area contributed by atoms with E-state index in [4.69, 9.17) is 0 Å². The van der Waals surface area contributed by atoms with Gasteiger partial charge in [0.05, 0.1) is 6.20 Å². The first-order chi connectivity index (χ1) is 13.6. The van der Waals surface area contributed by atoms with Gasteiger partial charge in [-0.2, -0.15) is 0 Å². The highest BCUT2D eigenvalue weighted by molar-refractivity contribution is 7.98. The molecule has 0 saturated heterocycles. The van der Waals surface area contributed by atoms with E-state index in [0.29, 0.717) is 18.0 Å². The van der Waals surface area contributed by atoms with Crippen LogP contribution >= 0.6 is 11.8 Å². The number of hydrogen-bond acceptors (Lipinski definition) is 8. The molecule has 0 amide bonds. The molecule has 2 N–H and O–H groups in total. The maximum Gasteiger partial charge on any atom is 0.222 e. The molecule has 28 heavy (non-hydrogen) atoms. The number of allylic oxidation sites excluding steroid dienone is 3. The molecule has 2 atom stereocenters. The van der Waals surface area contributed by atoms with Gasteiger partial charge in [-0.1, -0.05) is 11.3 Å². The van der Waals surface area contributed by atoms with Crippen LogP contribution in [-0.4, -0.2) is 50.0 Å². The van der Waals surface area contributed by atoms with Crippen molar-refractivity contribution in [1.29, 1.82) is 0 Å². The molecule has 3 rings (SSSR count). The quantitative estimate of drug-likeness (QED) is 0.401. The molecule has 2 heterocycles. The van der Waals surface area contributed by atoms with Gasteiger partial charge in [0.1, 0.15) is 11.5 Å². The highest BCUT2D eigenvalue weighted by Crippen LogP contribution is 2.23. The monoisotopic (exact) mass is 398 g/mol. The summed E-state index contributed by atoms with van der Waals surface area (Å²) < 4.78 is 1.69. The minimum Gasteiger partial charge on any atom is -0.367 e. The molecule has 1 saturated carbocycles. The predicted octanol–water partition coefficient (Wildman–Crippen LogP) is 2.90. The Balaban J connectivity index is 1.54. The molecule has 2 aromatic heterocycles. The lowest BCUT2D eigenvalue weighted by molar-refractivity contribution is 0.575. The van der Waals surface area contributed by atoms with E-state index in [2.05, 4.69) is 42.6 Å². The molecule has 0 aromatic carbocycles. The van der Waals surface area contributed by atoms with Gasteiger partial charge in [-0.05, 0) is 50.8 Å². The number of nitrogens with one attached hydrogen (secondary N) is 2. The van der Waals surface area contributed by atoms with Crippen molar-refractivity contribution in [3.8, 4) is 0 Å². The second kappa shape index (κ2) is 9.50. The summed E-state index contributed by atoms with van der Waals surface area (Å²) in [5.74, 6) is 1.44. The molecule has 9 heteroatoms. The number of aliphatic imine (C=N–C) groups is 1. The van der Waals surface area contributed by atoms with Gasteiger partial charge < -0.3 is 10.6 Å². The van der Waals surface area contributed by atoms with Gasteiger partial charge in [0.15, 0.2) is 0 Å². The Morgan fingerprint density at radius 1 is 1.29 bits per heavy atom. The molecular weight excluding hydrogens is 372 g/mol. The lowest BCUT2D eigenvalue weighted by atomic mass is 10.2. The zero-order valence-electron chi connectivity index (χ0n) is 16.5. The highest BCUT2D eigenvalue weighted by atomic mass is 32.2. The summed E-state index contributed by atoms with van der Waals surface area (Å²) in [7, 11) is 1.85. The first-order valence-electron chi connectivity index (χ1n) is 9.18. The predicted molar refractivity (Wildman–Crippen MR) is 114 cm³/mol. The fraction of sp³-hybridized carbons (Fsp3) is 0.421. The van der Waals surface area contributed by atoms with Gasteiger partial charge in [0, 0.05) is 36.4 Å². The van der Waals surface area contributed by atoms with Crippen LogP contribution in [0.5, 0.6) is 0 Å². The van der Waals surface area contributed by atoms with Crippen LogP contribution in [0.3, 0.4) is 0 Å². The third-order valence-electron chi connectivity index (χ3n) is 4.65. The summed E-state index contributed by atoms with van der Waals surface area (Å²) in [6, 6.07) is 0.686. The standard InChI is InChI=1S/C19H26N8S/c1-13(17-12-27(3)26-25-17)5-8-18(20-2)23-14-6-7-15(9-14)24-19-21-10-16(28-4)11-22-19/h5,8,10-12,14-15,23H,2,6-7,9H2,1,3-4H3,(H,21,22,24)/b13-5+,18-8+/t14-,15-/m0/s1. The van der Waals surface area contributed by atoms with E-state index in [9.17, 15) is 0 Å². The first kappa shape index (κ1) is 20.1. The van der Waals surface area contributed by atoms with Crippen LogP contribution in [-0.2, 0) is 7.05 Å². The molecule has 1 fully saturated rings. The molecule has 0 unspecified atom stereocenters. The first-order valence-corrected chi connectivity index (χ1v) is 10.4. The Bertz CT molecular complexity index is 855. The van der Waals surface area contributed by atoms with E-state index in [1.54, 1.807) is 16.4 Å². The molecule has 0 aliphatic heterocycles. The lowest BCUT2D eigenvalue weighted by Gasteiger charge is -2.15. The van der Waals surface area contributed by atoms with Crippen molar-refractivity contribution < 1.29 is 0 Å². The van der Waals surface area contributed by atoms with Crippen molar-refractivity contribution in [2.45, 2.75) is 43.2 Å². The summed E-state index contributed by atoms with van der Waals surface area (Å²) >= 11 is 1.64. The summed E-state index contributed by atoms with van der Waals surface area (Å²) in [6.45, 7) is 5.68. The largest absolute Gasteiger partial charge is 0.367 e. The van der Waals surface area contributed by atoms with Crippen molar-refractivity contribution in [3.63, 3.8) is 0 Å². The Morgan fingerprint density at radius 2 is 2.04 bits per heavy atom. The van der Waals surface area contributed by atoms with Gasteiger partial charge in [0.25, 0.3) is 0 Å². The number of thioether (sulfide) groups is 1. The van der Waals surface area contributed by atoms with Crippen molar-refractivity contribution in [2.75, 3.05) is 11.6 Å². The van der Waals surface area contributed by atoms with E-state index in [1.165, 1.54) is 0 Å². The van der Waals surface area contributed by atoms with Gasteiger partial charge in [-0.15, -0.1) is 16.9 Å². The minimum absolute atomic E-state index is 0.338. The normalized spacial score (nSPS) is 20.2. The minimum atomic E-state index is 0.338. The number of hydrogen-bond donors (Lipinski definition) is 2. The highest BCUT2D eigenvalue weighted by Gasteiger charge is 2.25. The second-order valence-corrected chi connectivity index (χ2v) is 7.66. The fourth-order valence-electron chi connectivity index (χ4n) is 3.10.